The molecule has 2 aliphatic rings. The van der Waals surface area contributed by atoms with Gasteiger partial charge in [0.05, 0.1) is 11.2 Å². The van der Waals surface area contributed by atoms with Crippen molar-refractivity contribution in [1.29, 1.82) is 0 Å². The molecule has 0 aliphatic heterocycles. The number of hydrogen-bond donors (Lipinski definition) is 3. The maximum Gasteiger partial charge on any atom is 0.273 e. The van der Waals surface area contributed by atoms with Crippen molar-refractivity contribution in [2.75, 3.05) is 11.1 Å². The Morgan fingerprint density at radius 2 is 2.00 bits per heavy atom. The van der Waals surface area contributed by atoms with E-state index in [0.717, 1.165) is 18.7 Å². The van der Waals surface area contributed by atoms with Gasteiger partial charge in [-0.3, -0.25) is 4.79 Å². The summed E-state index contributed by atoms with van der Waals surface area (Å²) >= 11 is 5.80. The number of halogens is 2. The van der Waals surface area contributed by atoms with E-state index in [2.05, 4.69) is 20.4 Å². The molecule has 11 heteroatoms. The van der Waals surface area contributed by atoms with E-state index >= 15 is 0 Å². The fourth-order valence-electron chi connectivity index (χ4n) is 5.65. The van der Waals surface area contributed by atoms with E-state index in [1.165, 1.54) is 18.2 Å². The average Bonchev–Trinajstić information content (AvgIpc) is 3.47. The first-order valence-electron chi connectivity index (χ1n) is 10.8. The number of imidazole rings is 1. The predicted octanol–water partition coefficient (Wildman–Crippen LogP) is 2.97. The van der Waals surface area contributed by atoms with E-state index in [9.17, 15) is 14.3 Å². The molecule has 9 nitrogen and oxygen atoms in total. The van der Waals surface area contributed by atoms with Crippen molar-refractivity contribution in [3.05, 3.63) is 52.6 Å². The number of nitrogens with one attached hydrogen (secondary N) is 1. The fourth-order valence-corrected chi connectivity index (χ4v) is 5.83. The van der Waals surface area contributed by atoms with Crippen molar-refractivity contribution in [1.82, 2.24) is 24.3 Å². The Morgan fingerprint density at radius 1 is 1.30 bits per heavy atom. The minimum atomic E-state index is -1.03. The highest BCUT2D eigenvalue weighted by atomic mass is 35.5. The van der Waals surface area contributed by atoms with Gasteiger partial charge in [0.25, 0.3) is 5.91 Å². The number of nitrogens with two attached hydrogens (primary N) is 1. The predicted molar refractivity (Wildman–Crippen MR) is 120 cm³/mol. The number of benzene rings is 1. The summed E-state index contributed by atoms with van der Waals surface area (Å²) in [5.74, 6) is 1.49. The van der Waals surface area contributed by atoms with Crippen molar-refractivity contribution in [2.24, 2.45) is 25.9 Å². The van der Waals surface area contributed by atoms with Crippen LogP contribution in [0.15, 0.2) is 24.4 Å². The lowest BCUT2D eigenvalue weighted by atomic mass is 9.93. The molecule has 5 rings (SSSR count). The number of aliphatic hydroxyl groups is 1. The zero-order chi connectivity index (χ0) is 23.5. The molecule has 2 unspecified atom stereocenters. The first kappa shape index (κ1) is 21.8. The summed E-state index contributed by atoms with van der Waals surface area (Å²) in [4.78, 5) is 21.5. The van der Waals surface area contributed by atoms with Gasteiger partial charge in [0.1, 0.15) is 22.9 Å². The van der Waals surface area contributed by atoms with Gasteiger partial charge < -0.3 is 20.7 Å². The van der Waals surface area contributed by atoms with E-state index in [-0.39, 0.29) is 22.8 Å². The number of fused-ring (bicyclic) bond motifs is 1. The Labute approximate surface area is 194 Å². The lowest BCUT2D eigenvalue weighted by molar-refractivity contribution is 0.0218. The molecule has 174 valence electrons. The van der Waals surface area contributed by atoms with E-state index in [1.807, 2.05) is 11.6 Å². The molecule has 0 radical (unpaired) electrons. The van der Waals surface area contributed by atoms with E-state index < -0.39 is 11.4 Å². The van der Waals surface area contributed by atoms with Gasteiger partial charge in [0, 0.05) is 25.7 Å². The highest BCUT2D eigenvalue weighted by Gasteiger charge is 2.52. The molecule has 0 saturated heterocycles. The number of aryl methyl sites for hydroxylation is 1. The normalized spacial score (nSPS) is 26.5. The quantitative estimate of drug-likeness (QED) is 0.535. The first-order valence-corrected chi connectivity index (χ1v) is 11.2. The molecule has 2 saturated carbocycles. The second kappa shape index (κ2) is 7.81. The molecular formula is C22H25ClFN7O2. The van der Waals surface area contributed by atoms with Crippen LogP contribution in [-0.2, 0) is 19.7 Å². The molecule has 1 amide bonds. The van der Waals surface area contributed by atoms with Crippen LogP contribution in [-0.4, -0.2) is 35.3 Å². The third kappa shape index (κ3) is 3.76. The zero-order valence-corrected chi connectivity index (χ0v) is 19.1. The number of carbonyl (C=O) groups excluding carboxylic acids is 1. The number of hydrogen-bond acceptors (Lipinski definition) is 6. The van der Waals surface area contributed by atoms with Crippen LogP contribution >= 0.6 is 11.6 Å². The van der Waals surface area contributed by atoms with Gasteiger partial charge in [0.2, 0.25) is 5.95 Å². The summed E-state index contributed by atoms with van der Waals surface area (Å²) in [5, 5.41) is 18.0. The fraction of sp³-hybridized carbons (Fsp3) is 0.455. The van der Waals surface area contributed by atoms with Gasteiger partial charge in [-0.15, -0.1) is 5.10 Å². The molecule has 33 heavy (non-hydrogen) atoms. The van der Waals surface area contributed by atoms with Gasteiger partial charge in [-0.25, -0.2) is 14.1 Å². The number of nitrogen functional groups attached to an aromatic ring is 1. The summed E-state index contributed by atoms with van der Waals surface area (Å²) in [6.45, 7) is 0. The van der Waals surface area contributed by atoms with Gasteiger partial charge in [0.15, 0.2) is 5.82 Å². The zero-order valence-electron chi connectivity index (χ0n) is 18.3. The van der Waals surface area contributed by atoms with Crippen molar-refractivity contribution < 1.29 is 14.3 Å². The maximum atomic E-state index is 13.4. The van der Waals surface area contributed by atoms with E-state index in [1.54, 1.807) is 17.9 Å². The van der Waals surface area contributed by atoms with Crippen molar-refractivity contribution in [2.45, 2.75) is 37.2 Å². The summed E-state index contributed by atoms with van der Waals surface area (Å²) in [7, 11) is 3.57. The molecular weight excluding hydrogens is 449 g/mol. The Hall–Kier alpha value is -2.98. The van der Waals surface area contributed by atoms with Gasteiger partial charge in [-0.2, -0.15) is 4.98 Å². The monoisotopic (exact) mass is 473 g/mol. The minimum Gasteiger partial charge on any atom is -0.382 e. The number of rotatable bonds is 4. The molecule has 2 aliphatic carbocycles. The lowest BCUT2D eigenvalue weighted by Gasteiger charge is -2.23. The maximum absolute atomic E-state index is 13.4. The molecule has 2 fully saturated rings. The van der Waals surface area contributed by atoms with Crippen LogP contribution < -0.4 is 11.1 Å². The number of amides is 1. The second-order valence-corrected chi connectivity index (χ2v) is 9.60. The Kier molecular flexibility index (Phi) is 5.17. The largest absolute Gasteiger partial charge is 0.382 e. The van der Waals surface area contributed by atoms with Gasteiger partial charge in [-0.1, -0.05) is 11.6 Å². The topological polar surface area (TPSA) is 124 Å². The van der Waals surface area contributed by atoms with Gasteiger partial charge >= 0.3 is 0 Å². The summed E-state index contributed by atoms with van der Waals surface area (Å²) in [5.41, 5.74) is 5.50. The summed E-state index contributed by atoms with van der Waals surface area (Å²) in [6, 6.07) is 4.04. The Bertz CT molecular complexity index is 1230. The Morgan fingerprint density at radius 3 is 2.61 bits per heavy atom. The molecule has 2 aromatic heterocycles. The third-order valence-electron chi connectivity index (χ3n) is 7.04. The van der Waals surface area contributed by atoms with Crippen LogP contribution in [0.5, 0.6) is 0 Å². The smallest absolute Gasteiger partial charge is 0.273 e. The molecule has 1 aromatic carbocycles. The minimum absolute atomic E-state index is 0.0556. The van der Waals surface area contributed by atoms with Crippen LogP contribution in [0.4, 0.5) is 16.0 Å². The van der Waals surface area contributed by atoms with Crippen LogP contribution in [0, 0.1) is 17.7 Å². The lowest BCUT2D eigenvalue weighted by Crippen LogP contribution is -2.27. The number of nitrogens with zero attached hydrogens (tertiary/aromatic N) is 5. The molecule has 0 spiro atoms. The van der Waals surface area contributed by atoms with E-state index in [4.69, 9.17) is 17.3 Å². The van der Waals surface area contributed by atoms with E-state index in [0.29, 0.717) is 41.9 Å². The van der Waals surface area contributed by atoms with Crippen LogP contribution in [0.2, 0.25) is 5.02 Å². The number of carbonyl (C=O) groups is 1. The first-order chi connectivity index (χ1) is 15.6. The van der Waals surface area contributed by atoms with Crippen LogP contribution in [0.1, 0.15) is 53.7 Å². The van der Waals surface area contributed by atoms with Crippen molar-refractivity contribution in [3.8, 4) is 0 Å². The Balaban J connectivity index is 1.28. The van der Waals surface area contributed by atoms with Crippen LogP contribution in [0.3, 0.4) is 0 Å². The average molecular weight is 474 g/mol. The molecule has 4 N–H and O–H groups in total. The number of anilines is 2. The highest BCUT2D eigenvalue weighted by Crippen LogP contribution is 2.56. The van der Waals surface area contributed by atoms with Crippen molar-refractivity contribution in [3.63, 3.8) is 0 Å². The molecule has 0 bridgehead atoms. The highest BCUT2D eigenvalue weighted by molar-refractivity contribution is 6.31. The molecule has 3 aromatic rings. The van der Waals surface area contributed by atoms with Crippen LogP contribution in [0.25, 0.3) is 0 Å². The van der Waals surface area contributed by atoms with Gasteiger partial charge in [-0.05, 0) is 55.7 Å². The molecule has 2 heterocycles. The SMILES string of the molecule is Cn1nc(N)nc1C1(O)CC2CC(c3ncc(C(=O)Nc4ccc(F)c(Cl)c4)n3C)CC2C1. The summed E-state index contributed by atoms with van der Waals surface area (Å²) < 4.78 is 16.7. The summed E-state index contributed by atoms with van der Waals surface area (Å²) in [6.07, 6.45) is 4.51. The van der Waals surface area contributed by atoms with Crippen molar-refractivity contribution >= 4 is 29.1 Å². The second-order valence-electron chi connectivity index (χ2n) is 9.19. The molecule has 2 atom stereocenters. The number of aromatic nitrogens is 5. The third-order valence-corrected chi connectivity index (χ3v) is 7.33. The standard InChI is InChI=1S/C22H25ClFN7O2/c1-30-17(19(32)27-14-3-4-16(24)15(23)7-14)10-26-18(30)11-5-12-8-22(33,9-13(12)6-11)20-28-21(25)29-31(20)2/h3-4,7,10-13,33H,5-6,8-9H2,1-2H3,(H2,25,29)(H,27,32).